The van der Waals surface area contributed by atoms with Crippen LogP contribution in [0.15, 0.2) is 53.5 Å². The summed E-state index contributed by atoms with van der Waals surface area (Å²) in [5.41, 5.74) is 2.86. The Bertz CT molecular complexity index is 789. The normalized spacial score (nSPS) is 14.6. The Labute approximate surface area is 147 Å². The molecule has 24 heavy (non-hydrogen) atoms. The first-order valence-corrected chi connectivity index (χ1v) is 7.64. The number of Topliss-reactive ketones (excluding diaryl/α,β-unsaturated/α-hetero) is 1. The van der Waals surface area contributed by atoms with E-state index < -0.39 is 0 Å². The number of para-hydroxylation sites is 2. The van der Waals surface area contributed by atoms with Crippen molar-refractivity contribution in [3.63, 3.8) is 0 Å². The SMILES string of the molecule is COc1ccc(C(=O)CN2C3=NCCN3c3ccccc32)cc1.Cl. The molecule has 0 N–H and O–H groups in total. The lowest BCUT2D eigenvalue weighted by Gasteiger charge is -2.18. The molecule has 2 aromatic rings. The Morgan fingerprint density at radius 3 is 2.54 bits per heavy atom. The molecule has 0 bridgehead atoms. The van der Waals surface area contributed by atoms with Crippen molar-refractivity contribution in [2.75, 3.05) is 36.5 Å². The third kappa shape index (κ3) is 2.61. The van der Waals surface area contributed by atoms with E-state index in [9.17, 15) is 4.79 Å². The van der Waals surface area contributed by atoms with Gasteiger partial charge in [-0.25, -0.2) is 0 Å². The Morgan fingerprint density at radius 2 is 1.83 bits per heavy atom. The molecule has 2 heterocycles. The van der Waals surface area contributed by atoms with Crippen LogP contribution in [0.4, 0.5) is 11.4 Å². The number of halogens is 1. The highest BCUT2D eigenvalue weighted by Gasteiger charge is 2.35. The van der Waals surface area contributed by atoms with Crippen LogP contribution in [0.3, 0.4) is 0 Å². The van der Waals surface area contributed by atoms with Crippen LogP contribution in [0.5, 0.6) is 5.75 Å². The lowest BCUT2D eigenvalue weighted by Crippen LogP contribution is -2.38. The van der Waals surface area contributed by atoms with Crippen LogP contribution >= 0.6 is 12.4 Å². The third-order valence-corrected chi connectivity index (χ3v) is 4.24. The summed E-state index contributed by atoms with van der Waals surface area (Å²) < 4.78 is 5.14. The fraction of sp³-hybridized carbons (Fsp3) is 0.222. The minimum atomic E-state index is 0. The zero-order valence-corrected chi connectivity index (χ0v) is 14.1. The Morgan fingerprint density at radius 1 is 1.12 bits per heavy atom. The molecule has 0 unspecified atom stereocenters. The molecule has 0 aliphatic carbocycles. The monoisotopic (exact) mass is 343 g/mol. The summed E-state index contributed by atoms with van der Waals surface area (Å²) in [5.74, 6) is 1.70. The van der Waals surface area contributed by atoms with E-state index in [1.54, 1.807) is 19.2 Å². The molecule has 0 atom stereocenters. The van der Waals surface area contributed by atoms with Crippen LogP contribution in [-0.2, 0) is 0 Å². The quantitative estimate of drug-likeness (QED) is 0.801. The fourth-order valence-electron chi connectivity index (χ4n) is 3.09. The largest absolute Gasteiger partial charge is 0.497 e. The smallest absolute Gasteiger partial charge is 0.206 e. The Balaban J connectivity index is 0.00000169. The van der Waals surface area contributed by atoms with E-state index in [1.165, 1.54) is 0 Å². The van der Waals surface area contributed by atoms with Gasteiger partial charge in [0, 0.05) is 12.1 Å². The minimum Gasteiger partial charge on any atom is -0.497 e. The molecule has 2 aliphatic heterocycles. The number of aliphatic imine (C=N–C) groups is 1. The van der Waals surface area contributed by atoms with Crippen molar-refractivity contribution in [3.05, 3.63) is 54.1 Å². The molecule has 2 aliphatic rings. The van der Waals surface area contributed by atoms with Gasteiger partial charge in [-0.05, 0) is 36.4 Å². The van der Waals surface area contributed by atoms with Crippen LogP contribution in [0, 0.1) is 0 Å². The first-order chi connectivity index (χ1) is 11.3. The van der Waals surface area contributed by atoms with Gasteiger partial charge in [-0.1, -0.05) is 12.1 Å². The van der Waals surface area contributed by atoms with E-state index in [0.29, 0.717) is 12.1 Å². The second-order valence-corrected chi connectivity index (χ2v) is 5.56. The number of carbonyl (C=O) groups excluding carboxylic acids is 1. The Hall–Kier alpha value is -2.53. The summed E-state index contributed by atoms with van der Waals surface area (Å²) >= 11 is 0. The number of anilines is 2. The highest BCUT2D eigenvalue weighted by molar-refractivity contribution is 6.19. The topological polar surface area (TPSA) is 45.1 Å². The zero-order chi connectivity index (χ0) is 15.8. The molecule has 6 heteroatoms. The fourth-order valence-corrected chi connectivity index (χ4v) is 3.09. The number of fused-ring (bicyclic) bond motifs is 3. The molecule has 0 fully saturated rings. The zero-order valence-electron chi connectivity index (χ0n) is 13.3. The van der Waals surface area contributed by atoms with Crippen molar-refractivity contribution in [1.29, 1.82) is 0 Å². The van der Waals surface area contributed by atoms with Crippen LogP contribution in [0.25, 0.3) is 0 Å². The maximum Gasteiger partial charge on any atom is 0.206 e. The molecule has 5 nitrogen and oxygen atoms in total. The molecule has 0 saturated carbocycles. The molecule has 0 aromatic heterocycles. The summed E-state index contributed by atoms with van der Waals surface area (Å²) in [6.45, 7) is 1.94. The summed E-state index contributed by atoms with van der Waals surface area (Å²) in [7, 11) is 1.62. The molecule has 4 rings (SSSR count). The Kier molecular flexibility index (Phi) is 4.44. The molecule has 0 saturated heterocycles. The average Bonchev–Trinajstić information content (AvgIpc) is 3.18. The number of hydrogen-bond acceptors (Lipinski definition) is 5. The predicted molar refractivity (Wildman–Crippen MR) is 98.0 cm³/mol. The third-order valence-electron chi connectivity index (χ3n) is 4.24. The number of ketones is 1. The number of rotatable bonds is 4. The van der Waals surface area contributed by atoms with E-state index >= 15 is 0 Å². The van der Waals surface area contributed by atoms with E-state index in [4.69, 9.17) is 4.74 Å². The number of guanidine groups is 1. The lowest BCUT2D eigenvalue weighted by atomic mass is 10.1. The molecule has 0 spiro atoms. The predicted octanol–water partition coefficient (Wildman–Crippen LogP) is 3.00. The number of benzene rings is 2. The molecule has 2 aromatic carbocycles. The number of carbonyl (C=O) groups is 1. The molecule has 0 amide bonds. The molecule has 0 radical (unpaired) electrons. The summed E-state index contributed by atoms with van der Waals surface area (Å²) in [5, 5.41) is 0. The van der Waals surface area contributed by atoms with Gasteiger partial charge in [-0.3, -0.25) is 9.79 Å². The summed E-state index contributed by atoms with van der Waals surface area (Å²) in [4.78, 5) is 21.4. The maximum atomic E-state index is 12.6. The second-order valence-electron chi connectivity index (χ2n) is 5.56. The van der Waals surface area contributed by atoms with E-state index in [-0.39, 0.29) is 18.2 Å². The van der Waals surface area contributed by atoms with Crippen molar-refractivity contribution in [2.24, 2.45) is 4.99 Å². The number of ether oxygens (including phenoxy) is 1. The van der Waals surface area contributed by atoms with Gasteiger partial charge in [0.2, 0.25) is 5.96 Å². The second kappa shape index (κ2) is 6.53. The van der Waals surface area contributed by atoms with Crippen LogP contribution in [0.1, 0.15) is 10.4 Å². The van der Waals surface area contributed by atoms with Crippen molar-refractivity contribution >= 4 is 35.5 Å². The van der Waals surface area contributed by atoms with Crippen molar-refractivity contribution in [3.8, 4) is 5.75 Å². The first kappa shape index (κ1) is 16.3. The van der Waals surface area contributed by atoms with Crippen LogP contribution < -0.4 is 14.5 Å². The highest BCUT2D eigenvalue weighted by atomic mass is 35.5. The highest BCUT2D eigenvalue weighted by Crippen LogP contribution is 2.38. The van der Waals surface area contributed by atoms with E-state index in [2.05, 4.69) is 16.0 Å². The molecule has 124 valence electrons. The summed E-state index contributed by atoms with van der Waals surface area (Å²) in [6.07, 6.45) is 0. The molecular weight excluding hydrogens is 326 g/mol. The molecular formula is C18H18ClN3O2. The number of methoxy groups -OCH3 is 1. The average molecular weight is 344 g/mol. The van der Waals surface area contributed by atoms with Crippen molar-refractivity contribution < 1.29 is 9.53 Å². The van der Waals surface area contributed by atoms with Gasteiger partial charge in [0.1, 0.15) is 5.75 Å². The minimum absolute atomic E-state index is 0. The van der Waals surface area contributed by atoms with Gasteiger partial charge in [-0.2, -0.15) is 0 Å². The van der Waals surface area contributed by atoms with Crippen molar-refractivity contribution in [2.45, 2.75) is 0 Å². The first-order valence-electron chi connectivity index (χ1n) is 7.64. The van der Waals surface area contributed by atoms with Gasteiger partial charge >= 0.3 is 0 Å². The lowest BCUT2D eigenvalue weighted by molar-refractivity contribution is 0.100. The summed E-state index contributed by atoms with van der Waals surface area (Å²) in [6, 6.07) is 15.4. The van der Waals surface area contributed by atoms with Gasteiger partial charge < -0.3 is 14.5 Å². The maximum absolute atomic E-state index is 12.6. The van der Waals surface area contributed by atoms with Gasteiger partial charge in [0.15, 0.2) is 5.78 Å². The number of nitrogens with zero attached hydrogens (tertiary/aromatic N) is 3. The van der Waals surface area contributed by atoms with E-state index in [0.717, 1.165) is 36.2 Å². The van der Waals surface area contributed by atoms with Crippen LogP contribution in [-0.4, -0.2) is 38.5 Å². The van der Waals surface area contributed by atoms with Crippen molar-refractivity contribution in [1.82, 2.24) is 0 Å². The van der Waals surface area contributed by atoms with Crippen LogP contribution in [0.2, 0.25) is 0 Å². The van der Waals surface area contributed by atoms with E-state index in [1.807, 2.05) is 35.2 Å². The van der Waals surface area contributed by atoms with Gasteiger partial charge in [-0.15, -0.1) is 12.4 Å². The van der Waals surface area contributed by atoms with Gasteiger partial charge in [0.05, 0.1) is 31.6 Å². The van der Waals surface area contributed by atoms with Gasteiger partial charge in [0.25, 0.3) is 0 Å². The number of hydrogen-bond donors (Lipinski definition) is 0. The standard InChI is InChI=1S/C18H17N3O2.ClH/c1-23-14-8-6-13(7-9-14)17(22)12-21-16-5-3-2-4-15(16)20-11-10-19-18(20)21;/h2-9H,10-12H2,1H3;1H.